The lowest BCUT2D eigenvalue weighted by Crippen LogP contribution is -2.43. The highest BCUT2D eigenvalue weighted by atomic mass is 32.2. The molecular weight excluding hydrogens is 508 g/mol. The van der Waals surface area contributed by atoms with Gasteiger partial charge in [-0.25, -0.2) is 4.79 Å². The van der Waals surface area contributed by atoms with E-state index in [0.29, 0.717) is 17.9 Å². The van der Waals surface area contributed by atoms with E-state index in [1.54, 1.807) is 26.0 Å². The molecule has 0 N–H and O–H groups in total. The van der Waals surface area contributed by atoms with Gasteiger partial charge in [0.2, 0.25) is 0 Å². The first-order valence-electron chi connectivity index (χ1n) is 13.9. The highest BCUT2D eigenvalue weighted by molar-refractivity contribution is 7.99. The predicted octanol–water partition coefficient (Wildman–Crippen LogP) is 8.14. The van der Waals surface area contributed by atoms with Crippen LogP contribution in [0.1, 0.15) is 93.8 Å². The van der Waals surface area contributed by atoms with Gasteiger partial charge in [0.05, 0.1) is 6.61 Å². The molecule has 39 heavy (non-hydrogen) atoms. The molecule has 0 saturated heterocycles. The molecule has 3 rings (SSSR count). The van der Waals surface area contributed by atoms with Gasteiger partial charge >= 0.3 is 5.97 Å². The molecule has 0 aromatic heterocycles. The van der Waals surface area contributed by atoms with Crippen molar-refractivity contribution in [2.24, 2.45) is 0 Å². The highest BCUT2D eigenvalue weighted by Gasteiger charge is 2.35. The van der Waals surface area contributed by atoms with Crippen LogP contribution in [0.4, 0.5) is 0 Å². The van der Waals surface area contributed by atoms with E-state index in [0.717, 1.165) is 33.4 Å². The quantitative estimate of drug-likeness (QED) is 0.121. The van der Waals surface area contributed by atoms with Crippen LogP contribution in [0.2, 0.25) is 0 Å². The van der Waals surface area contributed by atoms with Crippen LogP contribution in [0.3, 0.4) is 0 Å². The smallest absolute Gasteiger partial charge is 0.350 e. The van der Waals surface area contributed by atoms with Gasteiger partial charge in [-0.3, -0.25) is 4.79 Å². The molecule has 2 aromatic carbocycles. The van der Waals surface area contributed by atoms with Gasteiger partial charge in [-0.05, 0) is 120 Å². The van der Waals surface area contributed by atoms with Crippen LogP contribution in [0.5, 0.6) is 11.5 Å². The normalized spacial score (nSPS) is 14.8. The summed E-state index contributed by atoms with van der Waals surface area (Å²) in [5, 5.41) is 0.787. The van der Waals surface area contributed by atoms with Crippen molar-refractivity contribution in [1.82, 2.24) is 0 Å². The van der Waals surface area contributed by atoms with Crippen molar-refractivity contribution in [2.45, 2.75) is 97.0 Å². The molecule has 1 aliphatic carbocycles. The summed E-state index contributed by atoms with van der Waals surface area (Å²) in [7, 11) is 0. The van der Waals surface area contributed by atoms with E-state index in [2.05, 4.69) is 0 Å². The molecule has 1 aliphatic rings. The fourth-order valence-electron chi connectivity index (χ4n) is 4.53. The van der Waals surface area contributed by atoms with Crippen LogP contribution in [-0.2, 0) is 9.53 Å². The molecule has 2 aromatic rings. The summed E-state index contributed by atoms with van der Waals surface area (Å²) in [5.74, 6) is 1.93. The number of thioether (sulfide) groups is 1. The third kappa shape index (κ3) is 9.75. The van der Waals surface area contributed by atoms with E-state index < -0.39 is 17.2 Å². The van der Waals surface area contributed by atoms with Gasteiger partial charge in [0.25, 0.3) is 0 Å². The van der Waals surface area contributed by atoms with Gasteiger partial charge in [-0.15, -0.1) is 0 Å². The van der Waals surface area contributed by atoms with Crippen LogP contribution in [0.25, 0.3) is 6.08 Å². The summed E-state index contributed by atoms with van der Waals surface area (Å²) in [6.45, 7) is 13.5. The zero-order chi connectivity index (χ0) is 28.6. The number of aryl methyl sites for hydroxylation is 2. The summed E-state index contributed by atoms with van der Waals surface area (Å²) >= 11 is 2.02. The van der Waals surface area contributed by atoms with Crippen molar-refractivity contribution < 1.29 is 23.8 Å². The van der Waals surface area contributed by atoms with E-state index in [4.69, 9.17) is 14.2 Å². The van der Waals surface area contributed by atoms with Crippen LogP contribution in [0, 0.1) is 13.8 Å². The second-order valence-electron chi connectivity index (χ2n) is 11.8. The maximum absolute atomic E-state index is 12.8. The van der Waals surface area contributed by atoms with E-state index in [-0.39, 0.29) is 5.78 Å². The lowest BCUT2D eigenvalue weighted by Gasteiger charge is -2.30. The number of rotatable bonds is 11. The minimum atomic E-state index is -1.14. The van der Waals surface area contributed by atoms with Crippen molar-refractivity contribution in [3.05, 3.63) is 64.7 Å². The molecule has 0 spiro atoms. The monoisotopic (exact) mass is 552 g/mol. The number of benzene rings is 2. The van der Waals surface area contributed by atoms with Crippen molar-refractivity contribution in [3.8, 4) is 11.5 Å². The number of hydrogen-bond donors (Lipinski definition) is 0. The van der Waals surface area contributed by atoms with Crippen molar-refractivity contribution in [1.29, 1.82) is 0 Å². The Bertz CT molecular complexity index is 1130. The minimum Gasteiger partial charge on any atom is -0.493 e. The fraction of sp³-hybridized carbons (Fsp3) is 0.515. The maximum Gasteiger partial charge on any atom is 0.350 e. The molecular formula is C33H44O5S. The van der Waals surface area contributed by atoms with Gasteiger partial charge in [-0.2, -0.15) is 11.8 Å². The Morgan fingerprint density at radius 2 is 1.56 bits per heavy atom. The lowest BCUT2D eigenvalue weighted by atomic mass is 10.0. The van der Waals surface area contributed by atoms with Crippen LogP contribution in [-0.4, -0.2) is 40.6 Å². The van der Waals surface area contributed by atoms with Crippen molar-refractivity contribution in [3.63, 3.8) is 0 Å². The Balaban J connectivity index is 1.55. The number of allylic oxidation sites excluding steroid dienone is 1. The SMILES string of the molecule is Cc1cc(/C=C/C(=O)c2ccc(OCCSC3CCCCC3)cc2)cc(C)c1OC(C)(C)C(=O)OC(C)(C)C. The summed E-state index contributed by atoms with van der Waals surface area (Å²) in [6, 6.07) is 11.2. The Labute approximate surface area is 238 Å². The largest absolute Gasteiger partial charge is 0.493 e. The number of hydrogen-bond acceptors (Lipinski definition) is 6. The molecule has 5 nitrogen and oxygen atoms in total. The average molecular weight is 553 g/mol. The molecule has 1 fully saturated rings. The first-order chi connectivity index (χ1) is 18.3. The lowest BCUT2D eigenvalue weighted by molar-refractivity contribution is -0.171. The standard InChI is InChI=1S/C33H44O5S/c1-23-21-25(22-24(2)30(23)37-33(6,7)31(35)38-32(3,4)5)13-18-29(34)26-14-16-27(17-15-26)36-19-20-39-28-11-9-8-10-12-28/h13-18,21-22,28H,8-12,19-20H2,1-7H3/b18-13+. The van der Waals surface area contributed by atoms with Gasteiger partial charge in [0.1, 0.15) is 17.1 Å². The summed E-state index contributed by atoms with van der Waals surface area (Å²) in [5.41, 5.74) is 1.52. The molecule has 0 radical (unpaired) electrons. The Morgan fingerprint density at radius 3 is 2.15 bits per heavy atom. The van der Waals surface area contributed by atoms with Crippen LogP contribution in [0.15, 0.2) is 42.5 Å². The number of ketones is 1. The summed E-state index contributed by atoms with van der Waals surface area (Å²) < 4.78 is 17.5. The van der Waals surface area contributed by atoms with Gasteiger partial charge in [0.15, 0.2) is 11.4 Å². The zero-order valence-electron chi connectivity index (χ0n) is 24.6. The van der Waals surface area contributed by atoms with Crippen LogP contribution < -0.4 is 9.47 Å². The molecule has 0 amide bonds. The second-order valence-corrected chi connectivity index (χ2v) is 13.2. The second kappa shape index (κ2) is 13.6. The first-order valence-corrected chi connectivity index (χ1v) is 15.0. The van der Waals surface area contributed by atoms with E-state index in [1.807, 2.05) is 82.8 Å². The minimum absolute atomic E-state index is 0.0731. The zero-order valence-corrected chi connectivity index (χ0v) is 25.4. The molecule has 212 valence electrons. The third-order valence-electron chi connectivity index (χ3n) is 6.55. The predicted molar refractivity (Wildman–Crippen MR) is 161 cm³/mol. The number of esters is 1. The molecule has 1 saturated carbocycles. The molecule has 0 aliphatic heterocycles. The summed E-state index contributed by atoms with van der Waals surface area (Å²) in [4.78, 5) is 25.4. The maximum atomic E-state index is 12.8. The topological polar surface area (TPSA) is 61.8 Å². The summed E-state index contributed by atoms with van der Waals surface area (Å²) in [6.07, 6.45) is 10.1. The number of carbonyl (C=O) groups is 2. The van der Waals surface area contributed by atoms with E-state index in [9.17, 15) is 9.59 Å². The third-order valence-corrected chi connectivity index (χ3v) is 7.90. The highest BCUT2D eigenvalue weighted by Crippen LogP contribution is 2.31. The molecule has 0 bridgehead atoms. The fourth-order valence-corrected chi connectivity index (χ4v) is 5.71. The Morgan fingerprint density at radius 1 is 0.949 bits per heavy atom. The van der Waals surface area contributed by atoms with Gasteiger partial charge < -0.3 is 14.2 Å². The van der Waals surface area contributed by atoms with E-state index in [1.165, 1.54) is 32.1 Å². The van der Waals surface area contributed by atoms with Gasteiger partial charge in [0, 0.05) is 16.6 Å². The number of ether oxygens (including phenoxy) is 3. The van der Waals surface area contributed by atoms with Crippen molar-refractivity contribution >= 4 is 29.6 Å². The van der Waals surface area contributed by atoms with E-state index >= 15 is 0 Å². The number of carbonyl (C=O) groups excluding carboxylic acids is 2. The molecule has 0 atom stereocenters. The molecule has 0 unspecified atom stereocenters. The van der Waals surface area contributed by atoms with Gasteiger partial charge in [-0.1, -0.05) is 25.3 Å². The average Bonchev–Trinajstić information content (AvgIpc) is 2.87. The van der Waals surface area contributed by atoms with Crippen molar-refractivity contribution in [2.75, 3.05) is 12.4 Å². The van der Waals surface area contributed by atoms with Crippen LogP contribution >= 0.6 is 11.8 Å². The first kappa shape index (κ1) is 30.8. The Kier molecular flexibility index (Phi) is 10.7. The molecule has 0 heterocycles. The Hall–Kier alpha value is -2.73. The molecule has 6 heteroatoms.